The van der Waals surface area contributed by atoms with E-state index < -0.39 is 0 Å². The lowest BCUT2D eigenvalue weighted by Crippen LogP contribution is -2.41. The molecule has 2 rings (SSSR count). The van der Waals surface area contributed by atoms with Gasteiger partial charge in [0.1, 0.15) is 0 Å². The van der Waals surface area contributed by atoms with Crippen LogP contribution in [0.5, 0.6) is 0 Å². The first-order valence-corrected chi connectivity index (χ1v) is 5.45. The van der Waals surface area contributed by atoms with Gasteiger partial charge in [0.15, 0.2) is 5.82 Å². The average Bonchev–Trinajstić information content (AvgIpc) is 2.16. The summed E-state index contributed by atoms with van der Waals surface area (Å²) in [7, 11) is 0. The summed E-state index contributed by atoms with van der Waals surface area (Å²) >= 11 is 0. The lowest BCUT2D eigenvalue weighted by molar-refractivity contribution is 0.354. The van der Waals surface area contributed by atoms with E-state index in [1.807, 2.05) is 0 Å². The van der Waals surface area contributed by atoms with Gasteiger partial charge >= 0.3 is 0 Å². The molecule has 0 spiro atoms. The fraction of sp³-hybridized carbons (Fsp3) is 0.636. The normalized spacial score (nSPS) is 26.7. The zero-order valence-corrected chi connectivity index (χ0v) is 9.23. The lowest BCUT2D eigenvalue weighted by atomic mass is 9.92. The highest BCUT2D eigenvalue weighted by Crippen LogP contribution is 2.22. The number of hydrogen-bond donors (Lipinski definition) is 1. The van der Waals surface area contributed by atoms with Crippen LogP contribution in [0, 0.1) is 11.8 Å². The Morgan fingerprint density at radius 1 is 1.40 bits per heavy atom. The minimum atomic E-state index is -0.0844. The number of piperidine rings is 1. The first-order valence-electron chi connectivity index (χ1n) is 5.45. The van der Waals surface area contributed by atoms with Crippen molar-refractivity contribution in [2.24, 2.45) is 11.8 Å². The van der Waals surface area contributed by atoms with E-state index in [9.17, 15) is 4.79 Å². The van der Waals surface area contributed by atoms with Crippen LogP contribution in [0.3, 0.4) is 0 Å². The molecule has 2 unspecified atom stereocenters. The molecular weight excluding hydrogens is 190 g/mol. The molecule has 0 aliphatic carbocycles. The number of aromatic nitrogens is 2. The van der Waals surface area contributed by atoms with E-state index in [0.29, 0.717) is 17.7 Å². The monoisotopic (exact) mass is 207 g/mol. The molecule has 1 N–H and O–H groups in total. The number of nitrogens with zero attached hydrogens (tertiary/aromatic N) is 2. The highest BCUT2D eigenvalue weighted by Gasteiger charge is 2.23. The third-order valence-electron chi connectivity index (χ3n) is 2.86. The van der Waals surface area contributed by atoms with Gasteiger partial charge in [0, 0.05) is 25.5 Å². The van der Waals surface area contributed by atoms with Crippen molar-refractivity contribution in [2.75, 3.05) is 18.0 Å². The molecule has 1 aromatic heterocycles. The zero-order chi connectivity index (χ0) is 10.8. The third-order valence-corrected chi connectivity index (χ3v) is 2.86. The first-order chi connectivity index (χ1) is 7.16. The van der Waals surface area contributed by atoms with Crippen molar-refractivity contribution in [2.45, 2.75) is 20.3 Å². The van der Waals surface area contributed by atoms with Gasteiger partial charge in [-0.05, 0) is 18.3 Å². The van der Waals surface area contributed by atoms with E-state index in [-0.39, 0.29) is 5.56 Å². The Kier molecular flexibility index (Phi) is 2.75. The number of nitrogens with one attached hydrogen (secondary N) is 1. The number of aromatic amines is 1. The van der Waals surface area contributed by atoms with Gasteiger partial charge in [0.25, 0.3) is 5.56 Å². The van der Waals surface area contributed by atoms with Crippen molar-refractivity contribution in [1.29, 1.82) is 0 Å². The predicted octanol–water partition coefficient (Wildman–Crippen LogP) is 1.25. The second-order valence-electron chi connectivity index (χ2n) is 4.59. The van der Waals surface area contributed by atoms with Crippen molar-refractivity contribution < 1.29 is 0 Å². The smallest absolute Gasteiger partial charge is 0.290 e. The largest absolute Gasteiger partial charge is 0.351 e. The molecule has 82 valence electrons. The fourth-order valence-electron chi connectivity index (χ4n) is 2.41. The Morgan fingerprint density at radius 3 is 2.67 bits per heavy atom. The maximum Gasteiger partial charge on any atom is 0.290 e. The van der Waals surface area contributed by atoms with Crippen LogP contribution in [0.25, 0.3) is 0 Å². The first kappa shape index (κ1) is 10.2. The topological polar surface area (TPSA) is 49.0 Å². The van der Waals surface area contributed by atoms with Gasteiger partial charge < -0.3 is 9.88 Å². The summed E-state index contributed by atoms with van der Waals surface area (Å²) in [5.41, 5.74) is -0.0844. The van der Waals surface area contributed by atoms with Crippen LogP contribution in [0.1, 0.15) is 20.3 Å². The Labute approximate surface area is 89.3 Å². The van der Waals surface area contributed by atoms with Crippen LogP contribution in [0.15, 0.2) is 17.2 Å². The molecule has 2 heterocycles. The third kappa shape index (κ3) is 2.19. The Morgan fingerprint density at radius 2 is 2.07 bits per heavy atom. The van der Waals surface area contributed by atoms with E-state index >= 15 is 0 Å². The Balaban J connectivity index is 2.24. The summed E-state index contributed by atoms with van der Waals surface area (Å²) in [5, 5.41) is 0. The lowest BCUT2D eigenvalue weighted by Gasteiger charge is -2.35. The maximum atomic E-state index is 11.6. The molecule has 1 aliphatic heterocycles. The summed E-state index contributed by atoms with van der Waals surface area (Å²) < 4.78 is 0. The van der Waals surface area contributed by atoms with E-state index in [0.717, 1.165) is 13.1 Å². The number of rotatable bonds is 1. The quantitative estimate of drug-likeness (QED) is 0.754. The number of anilines is 1. The zero-order valence-electron chi connectivity index (χ0n) is 9.23. The van der Waals surface area contributed by atoms with Crippen LogP contribution in [0.2, 0.25) is 0 Å². The van der Waals surface area contributed by atoms with Gasteiger partial charge in [0.2, 0.25) is 0 Å². The summed E-state index contributed by atoms with van der Waals surface area (Å²) in [5.74, 6) is 1.83. The Bertz CT molecular complexity index is 377. The molecule has 0 amide bonds. The second-order valence-corrected chi connectivity index (χ2v) is 4.59. The molecule has 0 saturated carbocycles. The van der Waals surface area contributed by atoms with E-state index in [4.69, 9.17) is 0 Å². The molecule has 0 aromatic carbocycles. The van der Waals surface area contributed by atoms with Gasteiger partial charge in [-0.1, -0.05) is 13.8 Å². The van der Waals surface area contributed by atoms with Crippen LogP contribution in [0.4, 0.5) is 5.82 Å². The molecule has 2 atom stereocenters. The summed E-state index contributed by atoms with van der Waals surface area (Å²) in [4.78, 5) is 20.5. The van der Waals surface area contributed by atoms with Crippen LogP contribution in [-0.2, 0) is 0 Å². The SMILES string of the molecule is CC1CC(C)CN(c2ncc[nH]c2=O)C1. The van der Waals surface area contributed by atoms with Crippen LogP contribution >= 0.6 is 0 Å². The second kappa shape index (κ2) is 4.04. The maximum absolute atomic E-state index is 11.6. The molecule has 1 aliphatic rings. The summed E-state index contributed by atoms with van der Waals surface area (Å²) in [6.07, 6.45) is 4.45. The molecule has 1 aromatic rings. The molecule has 15 heavy (non-hydrogen) atoms. The van der Waals surface area contributed by atoms with Crippen LogP contribution in [-0.4, -0.2) is 23.1 Å². The molecule has 1 fully saturated rings. The highest BCUT2D eigenvalue weighted by molar-refractivity contribution is 5.35. The van der Waals surface area contributed by atoms with Gasteiger partial charge in [0.05, 0.1) is 0 Å². The minimum Gasteiger partial charge on any atom is -0.351 e. The Hall–Kier alpha value is -1.32. The average molecular weight is 207 g/mol. The van der Waals surface area contributed by atoms with Gasteiger partial charge in [-0.3, -0.25) is 4.79 Å². The fourth-order valence-corrected chi connectivity index (χ4v) is 2.41. The van der Waals surface area contributed by atoms with Crippen molar-refractivity contribution in [3.63, 3.8) is 0 Å². The summed E-state index contributed by atoms with van der Waals surface area (Å²) in [6, 6.07) is 0. The molecule has 0 bridgehead atoms. The molecule has 1 saturated heterocycles. The van der Waals surface area contributed by atoms with E-state index in [1.54, 1.807) is 12.4 Å². The highest BCUT2D eigenvalue weighted by atomic mass is 16.1. The van der Waals surface area contributed by atoms with Crippen molar-refractivity contribution in [3.05, 3.63) is 22.7 Å². The van der Waals surface area contributed by atoms with Crippen LogP contribution < -0.4 is 10.5 Å². The van der Waals surface area contributed by atoms with Gasteiger partial charge in [-0.15, -0.1) is 0 Å². The molecule has 4 heteroatoms. The minimum absolute atomic E-state index is 0.0844. The number of H-pyrrole nitrogens is 1. The molecule has 4 nitrogen and oxygen atoms in total. The standard InChI is InChI=1S/C11H17N3O/c1-8-5-9(2)7-14(6-8)10-11(15)13-4-3-12-10/h3-4,8-9H,5-7H2,1-2H3,(H,13,15). The van der Waals surface area contributed by atoms with E-state index in [2.05, 4.69) is 28.7 Å². The van der Waals surface area contributed by atoms with Crippen molar-refractivity contribution in [3.8, 4) is 0 Å². The van der Waals surface area contributed by atoms with E-state index in [1.165, 1.54) is 6.42 Å². The number of hydrogen-bond acceptors (Lipinski definition) is 3. The van der Waals surface area contributed by atoms with Gasteiger partial charge in [-0.25, -0.2) is 4.98 Å². The predicted molar refractivity (Wildman–Crippen MR) is 60.0 cm³/mol. The van der Waals surface area contributed by atoms with Gasteiger partial charge in [-0.2, -0.15) is 0 Å². The summed E-state index contributed by atoms with van der Waals surface area (Å²) in [6.45, 7) is 6.31. The molecule has 0 radical (unpaired) electrons. The van der Waals surface area contributed by atoms with Crippen molar-refractivity contribution in [1.82, 2.24) is 9.97 Å². The molecular formula is C11H17N3O. The van der Waals surface area contributed by atoms with Crippen molar-refractivity contribution >= 4 is 5.82 Å².